The van der Waals surface area contributed by atoms with E-state index in [1.165, 1.54) is 0 Å². The Morgan fingerprint density at radius 1 is 0.611 bits per heavy atom. The Balaban J connectivity index is 4.54. The molecule has 0 rings (SSSR count). The maximum Gasteiger partial charge on any atom is 0.303 e. The van der Waals surface area contributed by atoms with Crippen LogP contribution in [0.3, 0.4) is 0 Å². The zero-order chi connectivity index (χ0) is 27.7. The van der Waals surface area contributed by atoms with E-state index in [0.717, 1.165) is 0 Å². The van der Waals surface area contributed by atoms with Gasteiger partial charge in [-0.2, -0.15) is 0 Å². The van der Waals surface area contributed by atoms with Crippen molar-refractivity contribution in [1.29, 1.82) is 0 Å². The second kappa shape index (κ2) is 18.1. The molecule has 0 saturated heterocycles. The molecule has 0 radical (unpaired) electrons. The fraction of sp³-hybridized carbons (Fsp3) is 0.750. The van der Waals surface area contributed by atoms with Gasteiger partial charge in [0.2, 0.25) is 23.6 Å². The zero-order valence-electron chi connectivity index (χ0n) is 21.7. The number of carboxylic acid groups (broad SMARTS) is 2. The quantitative estimate of drug-likeness (QED) is 0.136. The maximum absolute atomic E-state index is 12.6. The summed E-state index contributed by atoms with van der Waals surface area (Å²) in [4.78, 5) is 70.4. The third kappa shape index (κ3) is 14.3. The van der Waals surface area contributed by atoms with Crippen LogP contribution >= 0.6 is 0 Å². The van der Waals surface area contributed by atoms with Crippen LogP contribution in [0.2, 0.25) is 0 Å². The van der Waals surface area contributed by atoms with Crippen LogP contribution in [-0.2, 0) is 28.8 Å². The van der Waals surface area contributed by atoms with Crippen molar-refractivity contribution >= 4 is 35.6 Å². The minimum absolute atomic E-state index is 0.138. The molecule has 0 aromatic heterocycles. The number of rotatable bonds is 19. The topological polar surface area (TPSA) is 191 Å². The zero-order valence-corrected chi connectivity index (χ0v) is 21.7. The second-order valence-corrected chi connectivity index (χ2v) is 8.94. The largest absolute Gasteiger partial charge is 0.481 e. The minimum Gasteiger partial charge on any atom is -0.481 e. The molecule has 4 atom stereocenters. The van der Waals surface area contributed by atoms with E-state index in [1.807, 2.05) is 27.7 Å². The van der Waals surface area contributed by atoms with Crippen LogP contribution in [0.4, 0.5) is 0 Å². The molecule has 0 aliphatic heterocycles. The minimum atomic E-state index is -1.09. The van der Waals surface area contributed by atoms with Gasteiger partial charge in [-0.15, -0.1) is 0 Å². The Hall–Kier alpha value is -3.18. The van der Waals surface area contributed by atoms with E-state index in [9.17, 15) is 28.8 Å². The molecule has 12 heteroatoms. The van der Waals surface area contributed by atoms with Gasteiger partial charge < -0.3 is 31.5 Å². The number of amides is 4. The molecule has 0 aliphatic rings. The third-order valence-electron chi connectivity index (χ3n) is 5.96. The lowest BCUT2D eigenvalue weighted by Crippen LogP contribution is -2.51. The Kier molecular flexibility index (Phi) is 16.5. The number of hydrogen-bond acceptors (Lipinski definition) is 6. The number of carboxylic acids is 2. The van der Waals surface area contributed by atoms with Crippen LogP contribution in [0.15, 0.2) is 0 Å². The molecular formula is C24H42N4O8. The first-order chi connectivity index (χ1) is 16.9. The summed E-state index contributed by atoms with van der Waals surface area (Å²) in [5, 5.41) is 28.2. The van der Waals surface area contributed by atoms with Crippen molar-refractivity contribution < 1.29 is 39.0 Å². The van der Waals surface area contributed by atoms with Gasteiger partial charge in [-0.3, -0.25) is 28.8 Å². The summed E-state index contributed by atoms with van der Waals surface area (Å²) in [6.45, 7) is 8.08. The van der Waals surface area contributed by atoms with Crippen LogP contribution < -0.4 is 21.3 Å². The molecule has 4 amide bonds. The van der Waals surface area contributed by atoms with Crippen LogP contribution in [0, 0.1) is 11.8 Å². The first kappa shape index (κ1) is 32.8. The van der Waals surface area contributed by atoms with Crippen LogP contribution in [-0.4, -0.2) is 71.0 Å². The lowest BCUT2D eigenvalue weighted by molar-refractivity contribution is -0.139. The van der Waals surface area contributed by atoms with Crippen LogP contribution in [0.1, 0.15) is 79.1 Å². The van der Waals surface area contributed by atoms with Gasteiger partial charge in [0.15, 0.2) is 0 Å². The van der Waals surface area contributed by atoms with Crippen molar-refractivity contribution in [2.24, 2.45) is 11.8 Å². The van der Waals surface area contributed by atoms with Crippen molar-refractivity contribution in [3.05, 3.63) is 0 Å². The monoisotopic (exact) mass is 514 g/mol. The van der Waals surface area contributed by atoms with Crippen LogP contribution in [0.5, 0.6) is 0 Å². The number of hydrogen-bond donors (Lipinski definition) is 6. The van der Waals surface area contributed by atoms with Crippen molar-refractivity contribution in [1.82, 2.24) is 21.3 Å². The van der Waals surface area contributed by atoms with Gasteiger partial charge in [0.05, 0.1) is 12.8 Å². The van der Waals surface area contributed by atoms with Gasteiger partial charge in [0, 0.05) is 25.9 Å². The summed E-state index contributed by atoms with van der Waals surface area (Å²) >= 11 is 0. The van der Waals surface area contributed by atoms with Gasteiger partial charge in [0.25, 0.3) is 0 Å². The fourth-order valence-electron chi connectivity index (χ4n) is 3.23. The van der Waals surface area contributed by atoms with E-state index in [-0.39, 0.29) is 49.3 Å². The van der Waals surface area contributed by atoms with Gasteiger partial charge in [-0.1, -0.05) is 40.5 Å². The van der Waals surface area contributed by atoms with Crippen molar-refractivity contribution in [2.75, 3.05) is 13.1 Å². The molecule has 36 heavy (non-hydrogen) atoms. The summed E-state index contributed by atoms with van der Waals surface area (Å²) in [7, 11) is 0. The molecule has 0 fully saturated rings. The second-order valence-electron chi connectivity index (χ2n) is 8.94. The summed E-state index contributed by atoms with van der Waals surface area (Å²) in [5.74, 6) is -4.13. The van der Waals surface area contributed by atoms with Gasteiger partial charge in [0.1, 0.15) is 12.1 Å². The molecule has 206 valence electrons. The van der Waals surface area contributed by atoms with E-state index >= 15 is 0 Å². The maximum atomic E-state index is 12.6. The van der Waals surface area contributed by atoms with E-state index in [2.05, 4.69) is 21.3 Å². The standard InChI is InChI=1S/C24H42N4O8/c1-5-15(3)21(27-17(29)9-11-19(31)32)23(35)25-13-7-8-14-26-24(36)22(16(4)6-2)28-18(30)10-12-20(33)34/h15-16,21-22H,5-14H2,1-4H3,(H,25,35)(H,26,36)(H,27,29)(H,28,30)(H,31,32)(H,33,34)/t15?,16?,21-,22-/m0/s1. The summed E-state index contributed by atoms with van der Waals surface area (Å²) < 4.78 is 0. The molecule has 0 saturated carbocycles. The van der Waals surface area contributed by atoms with Crippen molar-refractivity contribution in [3.63, 3.8) is 0 Å². The van der Waals surface area contributed by atoms with Crippen molar-refractivity contribution in [3.8, 4) is 0 Å². The SMILES string of the molecule is CCC(C)[C@H](NC(=O)CCC(=O)O)C(=O)NCCCCNC(=O)[C@@H](NC(=O)CCC(=O)O)C(C)CC. The molecule has 0 heterocycles. The Morgan fingerprint density at radius 2 is 0.944 bits per heavy atom. The lowest BCUT2D eigenvalue weighted by Gasteiger charge is -2.24. The molecule has 0 aromatic rings. The predicted octanol–water partition coefficient (Wildman–Crippen LogP) is 0.790. The first-order valence-electron chi connectivity index (χ1n) is 12.5. The molecule has 6 N–H and O–H groups in total. The lowest BCUT2D eigenvalue weighted by atomic mass is 9.98. The van der Waals surface area contributed by atoms with Gasteiger partial charge >= 0.3 is 11.9 Å². The molecule has 2 unspecified atom stereocenters. The summed E-state index contributed by atoms with van der Waals surface area (Å²) in [6.07, 6.45) is 1.39. The highest BCUT2D eigenvalue weighted by Crippen LogP contribution is 2.10. The highest BCUT2D eigenvalue weighted by Gasteiger charge is 2.27. The Labute approximate surface area is 212 Å². The molecule has 12 nitrogen and oxygen atoms in total. The fourth-order valence-corrected chi connectivity index (χ4v) is 3.23. The van der Waals surface area contributed by atoms with Gasteiger partial charge in [-0.25, -0.2) is 0 Å². The summed E-state index contributed by atoms with van der Waals surface area (Å²) in [6, 6.07) is -1.53. The third-order valence-corrected chi connectivity index (χ3v) is 5.96. The number of carbonyl (C=O) groups excluding carboxylic acids is 4. The number of carbonyl (C=O) groups is 6. The Bertz CT molecular complexity index is 696. The highest BCUT2D eigenvalue weighted by atomic mass is 16.4. The predicted molar refractivity (Wildman–Crippen MR) is 132 cm³/mol. The van der Waals surface area contributed by atoms with E-state index < -0.39 is 35.8 Å². The molecule has 0 bridgehead atoms. The normalized spacial score (nSPS) is 14.0. The van der Waals surface area contributed by atoms with E-state index in [0.29, 0.717) is 38.8 Å². The van der Waals surface area contributed by atoms with E-state index in [1.54, 1.807) is 0 Å². The number of aliphatic carboxylic acids is 2. The van der Waals surface area contributed by atoms with E-state index in [4.69, 9.17) is 10.2 Å². The summed E-state index contributed by atoms with van der Waals surface area (Å²) in [5.41, 5.74) is 0. The Morgan fingerprint density at radius 3 is 1.22 bits per heavy atom. The number of nitrogens with one attached hydrogen (secondary N) is 4. The molecule has 0 spiro atoms. The molecule has 0 aliphatic carbocycles. The van der Waals surface area contributed by atoms with Crippen molar-refractivity contribution in [2.45, 2.75) is 91.1 Å². The highest BCUT2D eigenvalue weighted by molar-refractivity contribution is 5.89. The number of unbranched alkanes of at least 4 members (excludes halogenated alkanes) is 1. The smallest absolute Gasteiger partial charge is 0.303 e. The average Bonchev–Trinajstić information content (AvgIpc) is 2.83. The van der Waals surface area contributed by atoms with Gasteiger partial charge in [-0.05, 0) is 24.7 Å². The average molecular weight is 515 g/mol. The molecular weight excluding hydrogens is 472 g/mol. The molecule has 0 aromatic carbocycles. The first-order valence-corrected chi connectivity index (χ1v) is 12.5. The van der Waals surface area contributed by atoms with Crippen LogP contribution in [0.25, 0.3) is 0 Å².